The maximum absolute atomic E-state index is 12.7. The smallest absolute Gasteiger partial charge is 0.239 e. The highest BCUT2D eigenvalue weighted by molar-refractivity contribution is 6.32. The number of methoxy groups -OCH3 is 1. The molecule has 2 aromatic carbocycles. The fourth-order valence-electron chi connectivity index (χ4n) is 2.26. The lowest BCUT2D eigenvalue weighted by Gasteiger charge is -2.23. The molecule has 0 radical (unpaired) electrons. The first-order chi connectivity index (χ1) is 12.8. The summed E-state index contributed by atoms with van der Waals surface area (Å²) in [6, 6.07) is 11.9. The minimum atomic E-state index is -1.33. The number of carbonyl (C=O) groups excluding carboxylic acids is 2. The molecule has 0 heterocycles. The van der Waals surface area contributed by atoms with Gasteiger partial charge in [-0.1, -0.05) is 23.7 Å². The number of hydrogen-bond acceptors (Lipinski definition) is 4. The van der Waals surface area contributed by atoms with E-state index in [4.69, 9.17) is 21.1 Å². The minimum absolute atomic E-state index is 0.364. The molecule has 0 bridgehead atoms. The molecular formula is C20H23ClN2O4. The van der Waals surface area contributed by atoms with Gasteiger partial charge in [0.15, 0.2) is 0 Å². The number of anilines is 2. The molecule has 0 saturated carbocycles. The topological polar surface area (TPSA) is 76.7 Å². The summed E-state index contributed by atoms with van der Waals surface area (Å²) in [6.07, 6.45) is 0. The maximum atomic E-state index is 12.7. The Labute approximate surface area is 163 Å². The van der Waals surface area contributed by atoms with Crippen LogP contribution in [0.5, 0.6) is 11.5 Å². The Morgan fingerprint density at radius 2 is 1.70 bits per heavy atom. The summed E-state index contributed by atoms with van der Waals surface area (Å²) < 4.78 is 10.6. The van der Waals surface area contributed by atoms with E-state index in [9.17, 15) is 9.59 Å². The molecule has 144 valence electrons. The monoisotopic (exact) mass is 390 g/mol. The van der Waals surface area contributed by atoms with Crippen LogP contribution in [0.4, 0.5) is 11.4 Å². The fraction of sp³-hybridized carbons (Fsp3) is 0.300. The van der Waals surface area contributed by atoms with Gasteiger partial charge in [0.25, 0.3) is 0 Å². The zero-order valence-corrected chi connectivity index (χ0v) is 16.5. The molecule has 2 N–H and O–H groups in total. The van der Waals surface area contributed by atoms with Crippen molar-refractivity contribution < 1.29 is 19.1 Å². The molecule has 0 atom stereocenters. The van der Waals surface area contributed by atoms with Crippen LogP contribution in [-0.4, -0.2) is 25.5 Å². The van der Waals surface area contributed by atoms with Crippen LogP contribution in [0.2, 0.25) is 5.02 Å². The van der Waals surface area contributed by atoms with E-state index in [0.29, 0.717) is 34.5 Å². The second-order valence-electron chi connectivity index (χ2n) is 6.31. The molecule has 0 fully saturated rings. The lowest BCUT2D eigenvalue weighted by molar-refractivity contribution is -0.135. The molecule has 0 aliphatic carbocycles. The van der Waals surface area contributed by atoms with Gasteiger partial charge in [-0.05, 0) is 51.1 Å². The summed E-state index contributed by atoms with van der Waals surface area (Å²) in [5.41, 5.74) is -0.342. The summed E-state index contributed by atoms with van der Waals surface area (Å²) >= 11 is 6.07. The highest BCUT2D eigenvalue weighted by atomic mass is 35.5. The zero-order chi connectivity index (χ0) is 20.0. The summed E-state index contributed by atoms with van der Waals surface area (Å²) in [4.78, 5) is 25.4. The van der Waals surface area contributed by atoms with E-state index in [1.807, 2.05) is 13.0 Å². The van der Waals surface area contributed by atoms with E-state index in [0.717, 1.165) is 0 Å². The van der Waals surface area contributed by atoms with Crippen molar-refractivity contribution in [2.45, 2.75) is 20.8 Å². The van der Waals surface area contributed by atoms with E-state index in [2.05, 4.69) is 10.6 Å². The SMILES string of the molecule is CCOc1ccccc1NC(=O)C(C)(C)C(=O)Nc1ccc(OC)c(Cl)c1. The Morgan fingerprint density at radius 3 is 2.33 bits per heavy atom. The third-order valence-corrected chi connectivity index (χ3v) is 4.28. The molecule has 7 heteroatoms. The quantitative estimate of drug-likeness (QED) is 0.689. The van der Waals surface area contributed by atoms with Gasteiger partial charge in [-0.15, -0.1) is 0 Å². The van der Waals surface area contributed by atoms with Crippen molar-refractivity contribution in [3.8, 4) is 11.5 Å². The number of hydrogen-bond donors (Lipinski definition) is 2. The molecule has 0 spiro atoms. The predicted molar refractivity (Wildman–Crippen MR) is 107 cm³/mol. The van der Waals surface area contributed by atoms with Crippen LogP contribution in [0.1, 0.15) is 20.8 Å². The lowest BCUT2D eigenvalue weighted by Crippen LogP contribution is -2.41. The van der Waals surface area contributed by atoms with E-state index in [1.54, 1.807) is 50.2 Å². The number of carbonyl (C=O) groups is 2. The number of halogens is 1. The van der Waals surface area contributed by atoms with Crippen LogP contribution >= 0.6 is 11.6 Å². The number of amides is 2. The number of rotatable bonds is 7. The van der Waals surface area contributed by atoms with Gasteiger partial charge in [-0.25, -0.2) is 0 Å². The van der Waals surface area contributed by atoms with Crippen LogP contribution in [0.15, 0.2) is 42.5 Å². The highest BCUT2D eigenvalue weighted by Crippen LogP contribution is 2.30. The van der Waals surface area contributed by atoms with Crippen LogP contribution in [0.25, 0.3) is 0 Å². The third-order valence-electron chi connectivity index (χ3n) is 3.98. The summed E-state index contributed by atoms with van der Waals surface area (Å²) in [6.45, 7) is 5.42. The molecular weight excluding hydrogens is 368 g/mol. The molecule has 2 amide bonds. The van der Waals surface area contributed by atoms with Gasteiger partial charge in [-0.2, -0.15) is 0 Å². The molecule has 0 aromatic heterocycles. The van der Waals surface area contributed by atoms with Crippen LogP contribution in [-0.2, 0) is 9.59 Å². The van der Waals surface area contributed by atoms with Crippen molar-refractivity contribution in [1.82, 2.24) is 0 Å². The van der Waals surface area contributed by atoms with Gasteiger partial charge in [0, 0.05) is 5.69 Å². The van der Waals surface area contributed by atoms with Crippen LogP contribution in [0, 0.1) is 5.41 Å². The second kappa shape index (κ2) is 8.77. The number of nitrogens with one attached hydrogen (secondary N) is 2. The molecule has 0 unspecified atom stereocenters. The van der Waals surface area contributed by atoms with Crippen LogP contribution in [0.3, 0.4) is 0 Å². The van der Waals surface area contributed by atoms with Crippen molar-refractivity contribution in [3.05, 3.63) is 47.5 Å². The van der Waals surface area contributed by atoms with Crippen molar-refractivity contribution in [1.29, 1.82) is 0 Å². The molecule has 0 aliphatic heterocycles. The Bertz CT molecular complexity index is 836. The summed E-state index contributed by atoms with van der Waals surface area (Å²) in [5.74, 6) is 0.132. The van der Waals surface area contributed by atoms with Crippen molar-refractivity contribution >= 4 is 34.8 Å². The third kappa shape index (κ3) is 4.92. The predicted octanol–water partition coefficient (Wildman–Crippen LogP) is 4.35. The van der Waals surface area contributed by atoms with Gasteiger partial charge in [0.2, 0.25) is 11.8 Å². The van der Waals surface area contributed by atoms with E-state index in [-0.39, 0.29) is 0 Å². The first-order valence-electron chi connectivity index (χ1n) is 8.47. The first-order valence-corrected chi connectivity index (χ1v) is 8.85. The first kappa shape index (κ1) is 20.6. The van der Waals surface area contributed by atoms with E-state index in [1.165, 1.54) is 7.11 Å². The number of para-hydroxylation sites is 2. The lowest BCUT2D eigenvalue weighted by atomic mass is 9.90. The number of benzene rings is 2. The van der Waals surface area contributed by atoms with Crippen LogP contribution < -0.4 is 20.1 Å². The maximum Gasteiger partial charge on any atom is 0.239 e. The van der Waals surface area contributed by atoms with Gasteiger partial charge >= 0.3 is 0 Å². The average Bonchev–Trinajstić information content (AvgIpc) is 2.63. The van der Waals surface area contributed by atoms with Gasteiger partial charge < -0.3 is 20.1 Å². The Kier molecular flexibility index (Phi) is 6.69. The molecule has 0 aliphatic rings. The van der Waals surface area contributed by atoms with E-state index < -0.39 is 17.2 Å². The summed E-state index contributed by atoms with van der Waals surface area (Å²) in [7, 11) is 1.51. The van der Waals surface area contributed by atoms with Gasteiger partial charge in [0.1, 0.15) is 16.9 Å². The average molecular weight is 391 g/mol. The van der Waals surface area contributed by atoms with E-state index >= 15 is 0 Å². The van der Waals surface area contributed by atoms with Crippen molar-refractivity contribution in [2.75, 3.05) is 24.4 Å². The van der Waals surface area contributed by atoms with Gasteiger partial charge in [0.05, 0.1) is 24.4 Å². The van der Waals surface area contributed by atoms with Crippen molar-refractivity contribution in [2.24, 2.45) is 5.41 Å². The summed E-state index contributed by atoms with van der Waals surface area (Å²) in [5, 5.41) is 5.83. The molecule has 0 saturated heterocycles. The molecule has 27 heavy (non-hydrogen) atoms. The normalized spacial score (nSPS) is 10.9. The molecule has 2 aromatic rings. The Hall–Kier alpha value is -2.73. The highest BCUT2D eigenvalue weighted by Gasteiger charge is 2.36. The Morgan fingerprint density at radius 1 is 1.04 bits per heavy atom. The zero-order valence-electron chi connectivity index (χ0n) is 15.8. The fourth-order valence-corrected chi connectivity index (χ4v) is 2.52. The van der Waals surface area contributed by atoms with Gasteiger partial charge in [-0.3, -0.25) is 9.59 Å². The molecule has 6 nitrogen and oxygen atoms in total. The standard InChI is InChI=1S/C20H23ClN2O4/c1-5-27-17-9-7-6-8-15(17)23-19(25)20(2,3)18(24)22-13-10-11-16(26-4)14(21)12-13/h6-12H,5H2,1-4H3,(H,22,24)(H,23,25). The van der Waals surface area contributed by atoms with Crippen molar-refractivity contribution in [3.63, 3.8) is 0 Å². The second-order valence-corrected chi connectivity index (χ2v) is 6.72. The number of ether oxygens (including phenoxy) is 2. The largest absolute Gasteiger partial charge is 0.495 e. The Balaban J connectivity index is 2.13. The molecule has 2 rings (SSSR count). The minimum Gasteiger partial charge on any atom is -0.495 e.